The van der Waals surface area contributed by atoms with Crippen molar-refractivity contribution in [3.8, 4) is 11.3 Å². The molecule has 1 heterocycles. The number of benzene rings is 3. The number of thiazole rings is 1. The molecular weight excluding hydrogens is 420 g/mol. The van der Waals surface area contributed by atoms with Crippen LogP contribution in [-0.4, -0.2) is 9.49 Å². The lowest BCUT2D eigenvalue weighted by molar-refractivity contribution is -0.384. The topological polar surface area (TPSA) is 60.4 Å². The van der Waals surface area contributed by atoms with Crippen LogP contribution in [0.1, 0.15) is 5.56 Å². The van der Waals surface area contributed by atoms with Crippen molar-refractivity contribution in [1.29, 1.82) is 0 Å². The van der Waals surface area contributed by atoms with Crippen LogP contribution in [0.25, 0.3) is 11.3 Å². The zero-order valence-electron chi connectivity index (χ0n) is 16.2. The first-order chi connectivity index (χ1) is 15.0. The minimum Gasteiger partial charge on any atom is -0.316 e. The predicted octanol–water partition coefficient (Wildman–Crippen LogP) is 5.88. The van der Waals surface area contributed by atoms with Crippen LogP contribution in [-0.2, 0) is 13.0 Å². The number of nitro benzene ring substituents is 1. The molecule has 0 radical (unpaired) electrons. The Morgan fingerprint density at radius 3 is 2.42 bits per heavy atom. The van der Waals surface area contributed by atoms with Gasteiger partial charge >= 0.3 is 0 Å². The van der Waals surface area contributed by atoms with Crippen LogP contribution < -0.4 is 4.80 Å². The van der Waals surface area contributed by atoms with Crippen molar-refractivity contribution >= 4 is 22.7 Å². The molecule has 0 bridgehead atoms. The van der Waals surface area contributed by atoms with Gasteiger partial charge in [-0.05, 0) is 42.3 Å². The number of halogens is 2. The molecule has 8 heteroatoms. The van der Waals surface area contributed by atoms with E-state index in [0.29, 0.717) is 29.0 Å². The normalized spacial score (nSPS) is 11.6. The number of nitrogens with zero attached hydrogens (tertiary/aromatic N) is 3. The van der Waals surface area contributed by atoms with E-state index in [-0.39, 0.29) is 23.0 Å². The van der Waals surface area contributed by atoms with Gasteiger partial charge in [0.25, 0.3) is 5.69 Å². The van der Waals surface area contributed by atoms with Crippen LogP contribution >= 0.6 is 11.3 Å². The van der Waals surface area contributed by atoms with Crippen molar-refractivity contribution < 1.29 is 13.7 Å². The zero-order valence-corrected chi connectivity index (χ0v) is 17.1. The SMILES string of the molecule is O=[N+]([O-])c1ccccc1N=c1scc(-c2ccccc2F)n1CCc1ccc(F)cc1. The van der Waals surface area contributed by atoms with E-state index in [1.54, 1.807) is 53.9 Å². The summed E-state index contributed by atoms with van der Waals surface area (Å²) in [6, 6.07) is 18.8. The average molecular weight is 437 g/mol. The van der Waals surface area contributed by atoms with Crippen molar-refractivity contribution in [3.63, 3.8) is 0 Å². The molecule has 0 saturated carbocycles. The van der Waals surface area contributed by atoms with E-state index in [4.69, 9.17) is 0 Å². The Morgan fingerprint density at radius 1 is 0.968 bits per heavy atom. The van der Waals surface area contributed by atoms with Gasteiger partial charge < -0.3 is 4.57 Å². The Kier molecular flexibility index (Phi) is 5.99. The van der Waals surface area contributed by atoms with Crippen molar-refractivity contribution in [2.24, 2.45) is 4.99 Å². The lowest BCUT2D eigenvalue weighted by Gasteiger charge is -2.10. The summed E-state index contributed by atoms with van der Waals surface area (Å²) in [5, 5.41) is 13.2. The Balaban J connectivity index is 1.81. The summed E-state index contributed by atoms with van der Waals surface area (Å²) in [4.78, 5) is 15.9. The highest BCUT2D eigenvalue weighted by molar-refractivity contribution is 7.07. The van der Waals surface area contributed by atoms with E-state index in [0.717, 1.165) is 5.56 Å². The summed E-state index contributed by atoms with van der Waals surface area (Å²) in [6.07, 6.45) is 0.558. The number of rotatable bonds is 6. The largest absolute Gasteiger partial charge is 0.316 e. The van der Waals surface area contributed by atoms with E-state index in [9.17, 15) is 18.9 Å². The fourth-order valence-electron chi connectivity index (χ4n) is 3.23. The van der Waals surface area contributed by atoms with E-state index in [1.165, 1.54) is 35.6 Å². The number of hydrogen-bond donors (Lipinski definition) is 0. The van der Waals surface area contributed by atoms with Gasteiger partial charge in [0.2, 0.25) is 0 Å². The molecule has 0 aliphatic rings. The molecule has 0 atom stereocenters. The van der Waals surface area contributed by atoms with Gasteiger partial charge in [-0.1, -0.05) is 36.4 Å². The minimum atomic E-state index is -0.479. The maximum atomic E-state index is 14.5. The molecule has 0 aliphatic carbocycles. The minimum absolute atomic E-state index is 0.103. The molecule has 0 saturated heterocycles. The fraction of sp³-hybridized carbons (Fsp3) is 0.0870. The second-order valence-corrected chi connectivity index (χ2v) is 7.61. The molecule has 156 valence electrons. The molecule has 4 aromatic rings. The highest BCUT2D eigenvalue weighted by Crippen LogP contribution is 2.27. The third-order valence-electron chi connectivity index (χ3n) is 4.78. The van der Waals surface area contributed by atoms with Gasteiger partial charge in [-0.3, -0.25) is 10.1 Å². The summed E-state index contributed by atoms with van der Waals surface area (Å²) >= 11 is 1.28. The first-order valence-corrected chi connectivity index (χ1v) is 10.4. The Hall–Kier alpha value is -3.65. The average Bonchev–Trinajstić information content (AvgIpc) is 3.16. The van der Waals surface area contributed by atoms with Crippen molar-refractivity contribution in [2.75, 3.05) is 0 Å². The van der Waals surface area contributed by atoms with Gasteiger partial charge in [0.15, 0.2) is 4.80 Å². The van der Waals surface area contributed by atoms with Crippen molar-refractivity contribution in [3.05, 3.63) is 110 Å². The molecule has 0 fully saturated rings. The monoisotopic (exact) mass is 437 g/mol. The van der Waals surface area contributed by atoms with Crippen LogP contribution in [0.4, 0.5) is 20.2 Å². The highest BCUT2D eigenvalue weighted by Gasteiger charge is 2.15. The molecule has 1 aromatic heterocycles. The molecular formula is C23H17F2N3O2S. The van der Waals surface area contributed by atoms with Crippen LogP contribution in [0.2, 0.25) is 0 Å². The number of aromatic nitrogens is 1. The van der Waals surface area contributed by atoms with E-state index in [2.05, 4.69) is 4.99 Å². The van der Waals surface area contributed by atoms with Crippen LogP contribution in [0.5, 0.6) is 0 Å². The number of hydrogen-bond acceptors (Lipinski definition) is 4. The number of nitro groups is 1. The first-order valence-electron chi connectivity index (χ1n) is 9.49. The third kappa shape index (κ3) is 4.59. The summed E-state index contributed by atoms with van der Waals surface area (Å²) in [5.74, 6) is -0.681. The Morgan fingerprint density at radius 2 is 1.68 bits per heavy atom. The van der Waals surface area contributed by atoms with Crippen molar-refractivity contribution in [1.82, 2.24) is 4.57 Å². The Bertz CT molecular complexity index is 1300. The quantitative estimate of drug-likeness (QED) is 0.279. The second kappa shape index (κ2) is 9.01. The summed E-state index contributed by atoms with van der Waals surface area (Å²) in [5.41, 5.74) is 2.08. The lowest BCUT2D eigenvalue weighted by atomic mass is 10.1. The second-order valence-electron chi connectivity index (χ2n) is 6.77. The molecule has 3 aromatic carbocycles. The van der Waals surface area contributed by atoms with Gasteiger partial charge in [-0.2, -0.15) is 0 Å². The Labute approximate surface area is 180 Å². The molecule has 0 amide bonds. The van der Waals surface area contributed by atoms with E-state index < -0.39 is 4.92 Å². The van der Waals surface area contributed by atoms with Gasteiger partial charge in [0, 0.05) is 23.6 Å². The summed E-state index contributed by atoms with van der Waals surface area (Å²) in [7, 11) is 0. The van der Waals surface area contributed by atoms with Crippen LogP contribution in [0, 0.1) is 21.7 Å². The highest BCUT2D eigenvalue weighted by atomic mass is 32.1. The van der Waals surface area contributed by atoms with Crippen molar-refractivity contribution in [2.45, 2.75) is 13.0 Å². The molecule has 0 spiro atoms. The van der Waals surface area contributed by atoms with Gasteiger partial charge in [-0.15, -0.1) is 11.3 Å². The smallest absolute Gasteiger partial charge is 0.294 e. The van der Waals surface area contributed by atoms with Gasteiger partial charge in [0.1, 0.15) is 17.3 Å². The van der Waals surface area contributed by atoms with Crippen LogP contribution in [0.3, 0.4) is 0 Å². The predicted molar refractivity (Wildman–Crippen MR) is 116 cm³/mol. The van der Waals surface area contributed by atoms with Crippen LogP contribution in [0.15, 0.2) is 83.2 Å². The summed E-state index contributed by atoms with van der Waals surface area (Å²) in [6.45, 7) is 0.443. The summed E-state index contributed by atoms with van der Waals surface area (Å²) < 4.78 is 29.6. The van der Waals surface area contributed by atoms with E-state index >= 15 is 0 Å². The molecule has 4 rings (SSSR count). The maximum Gasteiger partial charge on any atom is 0.294 e. The standard InChI is InChI=1S/C23H17F2N3O2S/c24-17-11-9-16(10-12-17)13-14-27-22(18-5-1-2-6-19(18)25)15-31-23(27)26-20-7-3-4-8-21(20)28(29)30/h1-12,15H,13-14H2. The molecule has 0 unspecified atom stereocenters. The van der Waals surface area contributed by atoms with Gasteiger partial charge in [-0.25, -0.2) is 13.8 Å². The van der Waals surface area contributed by atoms with E-state index in [1.807, 2.05) is 4.57 Å². The number of para-hydroxylation sites is 2. The molecule has 5 nitrogen and oxygen atoms in total. The third-order valence-corrected chi connectivity index (χ3v) is 5.64. The molecule has 0 aliphatic heterocycles. The fourth-order valence-corrected chi connectivity index (χ4v) is 4.17. The molecule has 0 N–H and O–H groups in total. The maximum absolute atomic E-state index is 14.5. The van der Waals surface area contributed by atoms with Gasteiger partial charge in [0.05, 0.1) is 10.6 Å². The first kappa shape index (κ1) is 20.6. The lowest BCUT2D eigenvalue weighted by Crippen LogP contribution is -2.17. The number of aryl methyl sites for hydroxylation is 1. The molecule has 31 heavy (non-hydrogen) atoms. The zero-order chi connectivity index (χ0) is 21.8.